The zero-order valence-electron chi connectivity index (χ0n) is 10.9. The Morgan fingerprint density at radius 1 is 1.10 bits per heavy atom. The molecule has 5 heteroatoms. The molecule has 0 atom stereocenters. The van der Waals surface area contributed by atoms with Crippen LogP contribution >= 0.6 is 11.3 Å². The molecule has 3 rings (SSSR count). The van der Waals surface area contributed by atoms with Crippen LogP contribution in [0.5, 0.6) is 0 Å². The molecule has 0 saturated heterocycles. The van der Waals surface area contributed by atoms with Crippen LogP contribution in [0.3, 0.4) is 0 Å². The van der Waals surface area contributed by atoms with Crippen LogP contribution in [-0.4, -0.2) is 10.5 Å². The van der Waals surface area contributed by atoms with E-state index < -0.39 is 0 Å². The highest BCUT2D eigenvalue weighted by Crippen LogP contribution is 2.14. The van der Waals surface area contributed by atoms with Crippen LogP contribution in [0.25, 0.3) is 10.2 Å². The average Bonchev–Trinajstić information content (AvgIpc) is 2.83. The third-order valence-corrected chi connectivity index (χ3v) is 4.12. The highest BCUT2D eigenvalue weighted by atomic mass is 32.1. The van der Waals surface area contributed by atoms with E-state index in [-0.39, 0.29) is 5.91 Å². The van der Waals surface area contributed by atoms with E-state index in [4.69, 9.17) is 0 Å². The topological polar surface area (TPSA) is 46.4 Å². The average molecular weight is 283 g/mol. The molecule has 0 bridgehead atoms. The van der Waals surface area contributed by atoms with Crippen molar-refractivity contribution in [2.75, 3.05) is 0 Å². The Bertz CT molecular complexity index is 818. The predicted octanol–water partition coefficient (Wildman–Crippen LogP) is 2.49. The summed E-state index contributed by atoms with van der Waals surface area (Å²) in [5.41, 5.74) is 4.29. The van der Waals surface area contributed by atoms with Gasteiger partial charge in [0.25, 0.3) is 5.91 Å². The monoisotopic (exact) mass is 283 g/mol. The molecule has 1 aromatic heterocycles. The van der Waals surface area contributed by atoms with Crippen molar-refractivity contribution in [3.63, 3.8) is 0 Å². The molecule has 1 amide bonds. The van der Waals surface area contributed by atoms with Gasteiger partial charge < -0.3 is 4.57 Å². The summed E-state index contributed by atoms with van der Waals surface area (Å²) in [6.07, 6.45) is 0. The van der Waals surface area contributed by atoms with Gasteiger partial charge in [-0.1, -0.05) is 41.7 Å². The smallest absolute Gasteiger partial charge is 0.271 e. The lowest BCUT2D eigenvalue weighted by Crippen LogP contribution is -2.23. The molecule has 0 spiro atoms. The van der Waals surface area contributed by atoms with E-state index in [2.05, 4.69) is 10.5 Å². The first-order valence-electron chi connectivity index (χ1n) is 6.19. The van der Waals surface area contributed by atoms with Gasteiger partial charge in [0, 0.05) is 12.6 Å². The number of hydrogen-bond acceptors (Lipinski definition) is 3. The quantitative estimate of drug-likeness (QED) is 0.722. The van der Waals surface area contributed by atoms with Crippen LogP contribution in [0.4, 0.5) is 0 Å². The van der Waals surface area contributed by atoms with E-state index in [1.807, 2.05) is 54.1 Å². The molecule has 0 aliphatic carbocycles. The summed E-state index contributed by atoms with van der Waals surface area (Å²) < 4.78 is 3.10. The molecule has 0 fully saturated rings. The number of carbonyl (C=O) groups is 1. The van der Waals surface area contributed by atoms with E-state index >= 15 is 0 Å². The first-order valence-corrected chi connectivity index (χ1v) is 7.01. The zero-order valence-corrected chi connectivity index (χ0v) is 11.7. The van der Waals surface area contributed by atoms with Crippen molar-refractivity contribution in [3.8, 4) is 0 Å². The van der Waals surface area contributed by atoms with Gasteiger partial charge >= 0.3 is 0 Å². The van der Waals surface area contributed by atoms with E-state index in [1.54, 1.807) is 23.5 Å². The minimum Gasteiger partial charge on any atom is -0.318 e. The number of amides is 1. The molecule has 0 unspecified atom stereocenters. The number of carbonyl (C=O) groups excluding carboxylic acids is 1. The third-order valence-electron chi connectivity index (χ3n) is 3.00. The number of nitrogens with zero attached hydrogens (tertiary/aromatic N) is 2. The molecule has 0 radical (unpaired) electrons. The normalized spacial score (nSPS) is 11.8. The Morgan fingerprint density at radius 2 is 1.80 bits per heavy atom. The van der Waals surface area contributed by atoms with E-state index in [0.29, 0.717) is 5.56 Å². The maximum Gasteiger partial charge on any atom is 0.271 e. The molecule has 100 valence electrons. The Balaban J connectivity index is 1.92. The Kier molecular flexibility index (Phi) is 3.35. The zero-order chi connectivity index (χ0) is 13.9. The van der Waals surface area contributed by atoms with Crippen LogP contribution in [0.15, 0.2) is 59.7 Å². The van der Waals surface area contributed by atoms with Gasteiger partial charge in [0.15, 0.2) is 0 Å². The van der Waals surface area contributed by atoms with Crippen LogP contribution in [0.1, 0.15) is 10.4 Å². The molecular formula is C15H13N3OS. The van der Waals surface area contributed by atoms with E-state index in [9.17, 15) is 4.79 Å². The predicted molar refractivity (Wildman–Crippen MR) is 80.3 cm³/mol. The Hall–Kier alpha value is -2.40. The number of thiazole rings is 1. The summed E-state index contributed by atoms with van der Waals surface area (Å²) in [5, 5.41) is 4.20. The van der Waals surface area contributed by atoms with Crippen LogP contribution in [0, 0.1) is 0 Å². The largest absolute Gasteiger partial charge is 0.318 e. The molecule has 1 heterocycles. The van der Waals surface area contributed by atoms with Crippen molar-refractivity contribution in [2.45, 2.75) is 0 Å². The van der Waals surface area contributed by atoms with Gasteiger partial charge in [-0.05, 0) is 24.3 Å². The lowest BCUT2D eigenvalue weighted by molar-refractivity contribution is 0.0953. The molecule has 3 aromatic rings. The molecule has 0 aliphatic heterocycles. The summed E-state index contributed by atoms with van der Waals surface area (Å²) in [6, 6.07) is 17.1. The van der Waals surface area contributed by atoms with Crippen molar-refractivity contribution in [2.24, 2.45) is 12.1 Å². The van der Waals surface area contributed by atoms with Crippen molar-refractivity contribution < 1.29 is 4.79 Å². The lowest BCUT2D eigenvalue weighted by Gasteiger charge is -1.98. The molecule has 20 heavy (non-hydrogen) atoms. The number of fused-ring (bicyclic) bond motifs is 1. The van der Waals surface area contributed by atoms with Gasteiger partial charge in [0.2, 0.25) is 4.80 Å². The maximum atomic E-state index is 11.9. The second-order valence-corrected chi connectivity index (χ2v) is 5.34. The summed E-state index contributed by atoms with van der Waals surface area (Å²) in [7, 11) is 1.94. The van der Waals surface area contributed by atoms with Gasteiger partial charge in [0.05, 0.1) is 10.2 Å². The highest BCUT2D eigenvalue weighted by molar-refractivity contribution is 7.16. The second-order valence-electron chi connectivity index (χ2n) is 4.33. The maximum absolute atomic E-state index is 11.9. The fourth-order valence-corrected chi connectivity index (χ4v) is 2.92. The summed E-state index contributed by atoms with van der Waals surface area (Å²) >= 11 is 1.54. The minimum atomic E-state index is -0.206. The van der Waals surface area contributed by atoms with Crippen LogP contribution in [-0.2, 0) is 7.05 Å². The van der Waals surface area contributed by atoms with Crippen molar-refractivity contribution in [3.05, 3.63) is 65.0 Å². The first kappa shape index (κ1) is 12.6. The van der Waals surface area contributed by atoms with Crippen LogP contribution in [0.2, 0.25) is 0 Å². The standard InChI is InChI=1S/C15H13N3OS/c1-18-12-9-5-6-10-13(12)20-15(18)17-16-14(19)11-7-3-2-4-8-11/h2-10H,1H3,(H,16,19)/b17-15-. The van der Waals surface area contributed by atoms with Crippen molar-refractivity contribution in [1.29, 1.82) is 0 Å². The fraction of sp³-hybridized carbons (Fsp3) is 0.0667. The van der Waals surface area contributed by atoms with Gasteiger partial charge in [-0.3, -0.25) is 4.79 Å². The minimum absolute atomic E-state index is 0.206. The summed E-state index contributed by atoms with van der Waals surface area (Å²) in [5.74, 6) is -0.206. The number of aromatic nitrogens is 1. The van der Waals surface area contributed by atoms with Gasteiger partial charge in [-0.15, -0.1) is 5.10 Å². The van der Waals surface area contributed by atoms with E-state index in [0.717, 1.165) is 15.0 Å². The third kappa shape index (κ3) is 2.35. The highest BCUT2D eigenvalue weighted by Gasteiger charge is 2.04. The lowest BCUT2D eigenvalue weighted by atomic mass is 10.2. The number of hydrogen-bond donors (Lipinski definition) is 1. The SMILES string of the molecule is Cn1/c(=N/NC(=O)c2ccccc2)sc2ccccc21. The second kappa shape index (κ2) is 5.30. The van der Waals surface area contributed by atoms with Crippen LogP contribution < -0.4 is 10.2 Å². The molecule has 2 aromatic carbocycles. The number of aryl methyl sites for hydroxylation is 1. The molecule has 4 nitrogen and oxygen atoms in total. The molecule has 0 saturated carbocycles. The van der Waals surface area contributed by atoms with E-state index in [1.165, 1.54) is 0 Å². The number of benzene rings is 2. The fourth-order valence-electron chi connectivity index (χ4n) is 1.94. The molecular weight excluding hydrogens is 270 g/mol. The first-order chi connectivity index (χ1) is 9.75. The van der Waals surface area contributed by atoms with Crippen molar-refractivity contribution in [1.82, 2.24) is 9.99 Å². The summed E-state index contributed by atoms with van der Waals surface area (Å²) in [6.45, 7) is 0. The molecule has 0 aliphatic rings. The Morgan fingerprint density at radius 3 is 2.55 bits per heavy atom. The Labute approximate surface area is 120 Å². The number of nitrogens with one attached hydrogen (secondary N) is 1. The van der Waals surface area contributed by atoms with Gasteiger partial charge in [-0.25, -0.2) is 5.43 Å². The van der Waals surface area contributed by atoms with Gasteiger partial charge in [-0.2, -0.15) is 0 Å². The van der Waals surface area contributed by atoms with Gasteiger partial charge in [0.1, 0.15) is 0 Å². The molecule has 1 N–H and O–H groups in total. The summed E-state index contributed by atoms with van der Waals surface area (Å²) in [4.78, 5) is 12.7. The number of rotatable bonds is 2. The number of para-hydroxylation sites is 1. The van der Waals surface area contributed by atoms with Crippen molar-refractivity contribution >= 4 is 27.5 Å².